The molecule has 0 unspecified atom stereocenters. The largest absolute Gasteiger partial charge is 0.501 e. The van der Waals surface area contributed by atoms with Gasteiger partial charge in [0.2, 0.25) is 9.84 Å². The number of nitrogens with zero attached hydrogens (tertiary/aromatic N) is 1. The van der Waals surface area contributed by atoms with Gasteiger partial charge in [-0.25, -0.2) is 13.3 Å². The second-order valence-corrected chi connectivity index (χ2v) is 12.6. The number of ether oxygens (including phenoxy) is 1. The van der Waals surface area contributed by atoms with Crippen LogP contribution in [0.25, 0.3) is 4.85 Å². The fraction of sp³-hybridized carbons (Fsp3) is 0.536. The van der Waals surface area contributed by atoms with Crippen molar-refractivity contribution in [3.05, 3.63) is 75.8 Å². The third kappa shape index (κ3) is 3.25. The van der Waals surface area contributed by atoms with Gasteiger partial charge in [-0.05, 0) is 96.5 Å². The second kappa shape index (κ2) is 7.87. The van der Waals surface area contributed by atoms with E-state index in [1.807, 2.05) is 0 Å². The minimum atomic E-state index is -3.80. The Morgan fingerprint density at radius 1 is 1.06 bits per heavy atom. The summed E-state index contributed by atoms with van der Waals surface area (Å²) in [5.74, 6) is 2.65. The normalized spacial score (nSPS) is 37.0. The molecule has 5 heteroatoms. The number of hydrogen-bond acceptors (Lipinski definition) is 3. The van der Waals surface area contributed by atoms with Gasteiger partial charge in [0, 0.05) is 6.42 Å². The summed E-state index contributed by atoms with van der Waals surface area (Å²) in [5.41, 5.74) is 2.26. The van der Waals surface area contributed by atoms with E-state index in [4.69, 9.17) is 11.3 Å². The first-order valence-corrected chi connectivity index (χ1v) is 13.6. The highest BCUT2D eigenvalue weighted by atomic mass is 32.2. The van der Waals surface area contributed by atoms with Crippen molar-refractivity contribution in [1.29, 1.82) is 0 Å². The van der Waals surface area contributed by atoms with Crippen LogP contribution in [-0.2, 0) is 14.6 Å². The molecule has 0 amide bonds. The number of methoxy groups -OCH3 is 1. The molecule has 0 aromatic heterocycles. The SMILES string of the molecule is [C-]#[N+]/C(=C1\CC[C@H]2[C@@H]3CC=C4C=C(OC)CC[C@]4(C)[C@H]3CC[C@]12C)S(=O)(=O)c1ccccc1. The maximum absolute atomic E-state index is 13.4. The van der Waals surface area contributed by atoms with E-state index in [9.17, 15) is 8.42 Å². The van der Waals surface area contributed by atoms with Crippen LogP contribution >= 0.6 is 0 Å². The molecule has 33 heavy (non-hydrogen) atoms. The summed E-state index contributed by atoms with van der Waals surface area (Å²) < 4.78 is 32.5. The average molecular weight is 464 g/mol. The Hall–Kier alpha value is -2.32. The van der Waals surface area contributed by atoms with Crippen LogP contribution in [0.3, 0.4) is 0 Å². The van der Waals surface area contributed by atoms with E-state index < -0.39 is 9.84 Å². The van der Waals surface area contributed by atoms with Crippen LogP contribution in [-0.4, -0.2) is 15.5 Å². The number of benzene rings is 1. The van der Waals surface area contributed by atoms with E-state index in [0.29, 0.717) is 17.8 Å². The molecule has 0 bridgehead atoms. The number of hydrogen-bond donors (Lipinski definition) is 0. The monoisotopic (exact) mass is 463 g/mol. The Labute approximate surface area is 198 Å². The van der Waals surface area contributed by atoms with Crippen LogP contribution in [0.5, 0.6) is 0 Å². The maximum atomic E-state index is 13.4. The molecule has 0 aliphatic heterocycles. The van der Waals surface area contributed by atoms with Crippen molar-refractivity contribution in [3.63, 3.8) is 0 Å². The van der Waals surface area contributed by atoms with E-state index in [0.717, 1.165) is 56.3 Å². The first-order valence-electron chi connectivity index (χ1n) is 12.1. The maximum Gasteiger partial charge on any atom is 0.282 e. The predicted octanol–water partition coefficient (Wildman–Crippen LogP) is 6.69. The lowest BCUT2D eigenvalue weighted by atomic mass is 9.48. The first kappa shape index (κ1) is 22.5. The summed E-state index contributed by atoms with van der Waals surface area (Å²) in [4.78, 5) is 3.89. The zero-order valence-corrected chi connectivity index (χ0v) is 20.6. The lowest BCUT2D eigenvalue weighted by Crippen LogP contribution is -2.48. The molecule has 4 aliphatic rings. The Morgan fingerprint density at radius 3 is 2.48 bits per heavy atom. The molecule has 0 heterocycles. The van der Waals surface area contributed by atoms with Crippen LogP contribution in [0, 0.1) is 35.2 Å². The average Bonchev–Trinajstić information content (AvgIpc) is 3.16. The third-order valence-corrected chi connectivity index (χ3v) is 11.2. The van der Waals surface area contributed by atoms with E-state index in [-0.39, 0.29) is 20.8 Å². The number of sulfone groups is 1. The number of fused-ring (bicyclic) bond motifs is 5. The number of rotatable bonds is 3. The lowest BCUT2D eigenvalue weighted by Gasteiger charge is -2.56. The summed E-state index contributed by atoms with van der Waals surface area (Å²) in [5, 5.41) is -0.0132. The Morgan fingerprint density at radius 2 is 1.79 bits per heavy atom. The number of allylic oxidation sites excluding steroid dienone is 5. The van der Waals surface area contributed by atoms with Crippen molar-refractivity contribution in [2.45, 2.75) is 63.7 Å². The van der Waals surface area contributed by atoms with Crippen LogP contribution in [0.2, 0.25) is 0 Å². The molecular weight excluding hydrogens is 430 g/mol. The van der Waals surface area contributed by atoms with Gasteiger partial charge < -0.3 is 4.74 Å². The minimum absolute atomic E-state index is 0.0132. The van der Waals surface area contributed by atoms with Gasteiger partial charge in [0.25, 0.3) is 5.03 Å². The summed E-state index contributed by atoms with van der Waals surface area (Å²) in [6.45, 7) is 12.5. The highest BCUT2D eigenvalue weighted by Gasteiger charge is 2.57. The van der Waals surface area contributed by atoms with Crippen LogP contribution in [0.4, 0.5) is 0 Å². The quantitative estimate of drug-likeness (QED) is 0.469. The lowest BCUT2D eigenvalue weighted by molar-refractivity contribution is -0.00837. The molecule has 5 rings (SSSR count). The molecular formula is C28H33NO3S. The molecule has 4 aliphatic carbocycles. The summed E-state index contributed by atoms with van der Waals surface area (Å²) in [6.07, 6.45) is 11.6. The van der Waals surface area contributed by atoms with Gasteiger partial charge in [-0.1, -0.05) is 38.1 Å². The van der Waals surface area contributed by atoms with Crippen LogP contribution < -0.4 is 0 Å². The summed E-state index contributed by atoms with van der Waals surface area (Å²) in [6, 6.07) is 8.46. The minimum Gasteiger partial charge on any atom is -0.501 e. The van der Waals surface area contributed by atoms with Crippen molar-refractivity contribution in [1.82, 2.24) is 0 Å². The molecule has 0 N–H and O–H groups in total. The van der Waals surface area contributed by atoms with Crippen LogP contribution in [0.1, 0.15) is 58.8 Å². The highest BCUT2D eigenvalue weighted by Crippen LogP contribution is 2.66. The molecule has 0 saturated heterocycles. The molecule has 0 spiro atoms. The topological polar surface area (TPSA) is 47.7 Å². The van der Waals surface area contributed by atoms with Gasteiger partial charge in [-0.15, -0.1) is 0 Å². The van der Waals surface area contributed by atoms with Crippen LogP contribution in [0.15, 0.2) is 69.3 Å². The molecule has 1 aromatic carbocycles. The smallest absolute Gasteiger partial charge is 0.282 e. The second-order valence-electron chi connectivity index (χ2n) is 10.7. The summed E-state index contributed by atoms with van der Waals surface area (Å²) in [7, 11) is -2.04. The fourth-order valence-electron chi connectivity index (χ4n) is 7.63. The molecule has 5 atom stereocenters. The zero-order chi connectivity index (χ0) is 23.4. The van der Waals surface area contributed by atoms with Gasteiger partial charge in [0.15, 0.2) is 0 Å². The predicted molar refractivity (Wildman–Crippen MR) is 129 cm³/mol. The van der Waals surface area contributed by atoms with Crippen molar-refractivity contribution < 1.29 is 13.2 Å². The van der Waals surface area contributed by atoms with Gasteiger partial charge >= 0.3 is 0 Å². The summed E-state index contributed by atoms with van der Waals surface area (Å²) >= 11 is 0. The molecule has 2 fully saturated rings. The molecule has 174 valence electrons. The third-order valence-electron chi connectivity index (χ3n) is 9.45. The zero-order valence-electron chi connectivity index (χ0n) is 19.8. The van der Waals surface area contributed by atoms with Gasteiger partial charge in [0.05, 0.1) is 24.3 Å². The van der Waals surface area contributed by atoms with Gasteiger partial charge in [-0.3, -0.25) is 0 Å². The Kier molecular flexibility index (Phi) is 5.36. The highest BCUT2D eigenvalue weighted by molar-refractivity contribution is 7.95. The van der Waals surface area contributed by atoms with Crippen molar-refractivity contribution in [2.24, 2.45) is 28.6 Å². The molecule has 0 radical (unpaired) electrons. The van der Waals surface area contributed by atoms with Gasteiger partial charge in [-0.2, -0.15) is 0 Å². The molecule has 2 saturated carbocycles. The van der Waals surface area contributed by atoms with Crippen molar-refractivity contribution in [2.75, 3.05) is 7.11 Å². The molecule has 1 aromatic rings. The first-order chi connectivity index (χ1) is 15.8. The Bertz CT molecular complexity index is 1200. The van der Waals surface area contributed by atoms with Gasteiger partial charge in [0.1, 0.15) is 0 Å². The van der Waals surface area contributed by atoms with Crippen molar-refractivity contribution >= 4 is 9.84 Å². The van der Waals surface area contributed by atoms with Crippen molar-refractivity contribution in [3.8, 4) is 0 Å². The fourth-order valence-corrected chi connectivity index (χ4v) is 9.14. The van der Waals surface area contributed by atoms with E-state index in [2.05, 4.69) is 30.8 Å². The van der Waals surface area contributed by atoms with E-state index >= 15 is 0 Å². The molecule has 4 nitrogen and oxygen atoms in total. The van der Waals surface area contributed by atoms with E-state index in [1.54, 1.807) is 37.4 Å². The standard InChI is InChI=1S/C28H33NO3S/c1-27-16-14-20(32-4)18-19(27)10-11-22-23-12-13-25(28(23,2)17-15-24(22)27)26(29-3)33(30,31)21-8-6-5-7-9-21/h5-10,18,22-24H,11-17H2,1-2,4H3/b26-25-/t22-,23-,24-,27-,28-/m0/s1. The van der Waals surface area contributed by atoms with E-state index in [1.165, 1.54) is 5.57 Å². The Balaban J connectivity index is 1.54.